The third-order valence-electron chi connectivity index (χ3n) is 4.21. The Morgan fingerprint density at radius 1 is 0.882 bits per heavy atom. The average molecular weight is 258 g/mol. The largest absolute Gasteiger partial charge is 0.298 e. The van der Waals surface area contributed by atoms with E-state index in [1.54, 1.807) is 0 Å². The summed E-state index contributed by atoms with van der Waals surface area (Å²) in [5.74, 6) is -0.177. The van der Waals surface area contributed by atoms with E-state index < -0.39 is 9.84 Å². The molecule has 0 N–H and O–H groups in total. The summed E-state index contributed by atoms with van der Waals surface area (Å²) in [4.78, 5) is 11.9. The average Bonchev–Trinajstić information content (AvgIpc) is 2.83. The molecule has 0 aliphatic heterocycles. The summed E-state index contributed by atoms with van der Waals surface area (Å²) < 4.78 is 24.3. The van der Waals surface area contributed by atoms with E-state index in [1.165, 1.54) is 0 Å². The van der Waals surface area contributed by atoms with Crippen LogP contribution in [0.3, 0.4) is 0 Å². The van der Waals surface area contributed by atoms with Gasteiger partial charge in [-0.05, 0) is 25.7 Å². The van der Waals surface area contributed by atoms with Gasteiger partial charge in [0.05, 0.1) is 5.25 Å². The number of carbonyl (C=O) groups is 1. The molecule has 4 heteroatoms. The maximum Gasteiger partial charge on any atom is 0.160 e. The van der Waals surface area contributed by atoms with E-state index in [4.69, 9.17) is 0 Å². The van der Waals surface area contributed by atoms with Gasteiger partial charge in [-0.2, -0.15) is 0 Å². The second-order valence-electron chi connectivity index (χ2n) is 5.51. The number of carbonyl (C=O) groups excluding carboxylic acids is 1. The van der Waals surface area contributed by atoms with Gasteiger partial charge in [0.1, 0.15) is 5.75 Å². The van der Waals surface area contributed by atoms with E-state index in [1.807, 2.05) is 0 Å². The molecule has 17 heavy (non-hydrogen) atoms. The summed E-state index contributed by atoms with van der Waals surface area (Å²) in [5.41, 5.74) is 0. The molecule has 2 saturated carbocycles. The fourth-order valence-corrected chi connectivity index (χ4v) is 5.03. The maximum atomic E-state index is 12.1. The minimum Gasteiger partial charge on any atom is -0.298 e. The lowest BCUT2D eigenvalue weighted by molar-refractivity contribution is -0.120. The molecule has 2 aliphatic carbocycles. The summed E-state index contributed by atoms with van der Waals surface area (Å²) in [6.07, 6.45) is 8.64. The SMILES string of the molecule is O=C(CS(=O)(=O)C1CCCCC1)C1CCCC1. The number of Topliss-reactive ketones (excluding diaryl/α,β-unsaturated/α-hetero) is 1. The van der Waals surface area contributed by atoms with Gasteiger partial charge in [0.25, 0.3) is 0 Å². The molecule has 2 aliphatic rings. The van der Waals surface area contributed by atoms with Crippen LogP contribution in [0.1, 0.15) is 57.8 Å². The van der Waals surface area contributed by atoms with E-state index in [0.717, 1.165) is 57.8 Å². The van der Waals surface area contributed by atoms with Crippen molar-refractivity contribution in [2.45, 2.75) is 63.0 Å². The number of sulfone groups is 1. The van der Waals surface area contributed by atoms with Crippen LogP contribution in [-0.2, 0) is 14.6 Å². The quantitative estimate of drug-likeness (QED) is 0.778. The van der Waals surface area contributed by atoms with Crippen molar-refractivity contribution in [3.05, 3.63) is 0 Å². The van der Waals surface area contributed by atoms with Gasteiger partial charge >= 0.3 is 0 Å². The van der Waals surface area contributed by atoms with Crippen molar-refractivity contribution in [3.8, 4) is 0 Å². The molecular formula is C13H22O3S. The van der Waals surface area contributed by atoms with Crippen molar-refractivity contribution >= 4 is 15.6 Å². The summed E-state index contributed by atoms with van der Waals surface area (Å²) in [6, 6.07) is 0. The molecule has 0 aromatic carbocycles. The fourth-order valence-electron chi connectivity index (χ4n) is 3.11. The van der Waals surface area contributed by atoms with Gasteiger partial charge in [-0.3, -0.25) is 4.79 Å². The fraction of sp³-hybridized carbons (Fsp3) is 0.923. The van der Waals surface area contributed by atoms with E-state index in [-0.39, 0.29) is 22.7 Å². The molecule has 0 bridgehead atoms. The molecule has 2 rings (SSSR count). The van der Waals surface area contributed by atoms with Gasteiger partial charge in [0.2, 0.25) is 0 Å². The van der Waals surface area contributed by atoms with Crippen LogP contribution >= 0.6 is 0 Å². The Labute approximate surface area is 104 Å². The predicted molar refractivity (Wildman–Crippen MR) is 67.6 cm³/mol. The Bertz CT molecular complexity index is 360. The number of hydrogen-bond acceptors (Lipinski definition) is 3. The number of rotatable bonds is 4. The van der Waals surface area contributed by atoms with Crippen LogP contribution in [0.5, 0.6) is 0 Å². The van der Waals surface area contributed by atoms with Crippen LogP contribution in [0.2, 0.25) is 0 Å². The topological polar surface area (TPSA) is 51.2 Å². The van der Waals surface area contributed by atoms with E-state index in [9.17, 15) is 13.2 Å². The highest BCUT2D eigenvalue weighted by atomic mass is 32.2. The van der Waals surface area contributed by atoms with Crippen molar-refractivity contribution in [2.75, 3.05) is 5.75 Å². The van der Waals surface area contributed by atoms with E-state index >= 15 is 0 Å². The molecule has 0 aromatic rings. The lowest BCUT2D eigenvalue weighted by atomic mass is 10.0. The zero-order valence-electron chi connectivity index (χ0n) is 10.4. The first-order chi connectivity index (χ1) is 8.09. The van der Waals surface area contributed by atoms with Gasteiger partial charge < -0.3 is 0 Å². The molecule has 0 heterocycles. The van der Waals surface area contributed by atoms with Crippen LogP contribution in [0.25, 0.3) is 0 Å². The van der Waals surface area contributed by atoms with Crippen LogP contribution in [-0.4, -0.2) is 25.2 Å². The lowest BCUT2D eigenvalue weighted by Crippen LogP contribution is -2.31. The standard InChI is InChI=1S/C13H22O3S/c14-13(11-6-4-5-7-11)10-17(15,16)12-8-2-1-3-9-12/h11-12H,1-10H2. The maximum absolute atomic E-state index is 12.1. The number of ketones is 1. The Morgan fingerprint density at radius 2 is 1.41 bits per heavy atom. The predicted octanol–water partition coefficient (Wildman–Crippen LogP) is 2.49. The molecule has 0 atom stereocenters. The Balaban J connectivity index is 1.93. The summed E-state index contributed by atoms with van der Waals surface area (Å²) in [5, 5.41) is -0.235. The monoisotopic (exact) mass is 258 g/mol. The first kappa shape index (κ1) is 13.1. The minimum absolute atomic E-state index is 0.0203. The minimum atomic E-state index is -3.17. The Morgan fingerprint density at radius 3 is 2.00 bits per heavy atom. The summed E-state index contributed by atoms with van der Waals surface area (Å²) in [6.45, 7) is 0. The third-order valence-corrected chi connectivity index (χ3v) is 6.39. The molecule has 0 unspecified atom stereocenters. The van der Waals surface area contributed by atoms with Gasteiger partial charge in [0.15, 0.2) is 15.6 Å². The third kappa shape index (κ3) is 3.30. The second-order valence-corrected chi connectivity index (χ2v) is 7.80. The molecule has 3 nitrogen and oxygen atoms in total. The molecule has 0 radical (unpaired) electrons. The zero-order valence-corrected chi connectivity index (χ0v) is 11.2. The van der Waals surface area contributed by atoms with Crippen LogP contribution in [0, 0.1) is 5.92 Å². The van der Waals surface area contributed by atoms with Crippen molar-refractivity contribution in [3.63, 3.8) is 0 Å². The zero-order chi connectivity index (χ0) is 12.3. The summed E-state index contributed by atoms with van der Waals surface area (Å²) >= 11 is 0. The number of hydrogen-bond donors (Lipinski definition) is 0. The van der Waals surface area contributed by atoms with Crippen LogP contribution < -0.4 is 0 Å². The smallest absolute Gasteiger partial charge is 0.160 e. The van der Waals surface area contributed by atoms with E-state index in [2.05, 4.69) is 0 Å². The van der Waals surface area contributed by atoms with E-state index in [0.29, 0.717) is 0 Å². The van der Waals surface area contributed by atoms with Crippen molar-refractivity contribution in [1.29, 1.82) is 0 Å². The van der Waals surface area contributed by atoms with Gasteiger partial charge in [-0.15, -0.1) is 0 Å². The van der Waals surface area contributed by atoms with Crippen molar-refractivity contribution in [2.24, 2.45) is 5.92 Å². The highest BCUT2D eigenvalue weighted by Gasteiger charge is 2.32. The van der Waals surface area contributed by atoms with Gasteiger partial charge in [-0.1, -0.05) is 32.1 Å². The molecule has 98 valence electrons. The molecule has 2 fully saturated rings. The molecule has 0 saturated heterocycles. The highest BCUT2D eigenvalue weighted by molar-refractivity contribution is 7.92. The molecule has 0 amide bonds. The lowest BCUT2D eigenvalue weighted by Gasteiger charge is -2.22. The van der Waals surface area contributed by atoms with Gasteiger partial charge in [0, 0.05) is 5.92 Å². The highest BCUT2D eigenvalue weighted by Crippen LogP contribution is 2.28. The Hall–Kier alpha value is -0.380. The van der Waals surface area contributed by atoms with Crippen LogP contribution in [0.4, 0.5) is 0 Å². The summed E-state index contributed by atoms with van der Waals surface area (Å²) in [7, 11) is -3.17. The molecular weight excluding hydrogens is 236 g/mol. The Kier molecular flexibility index (Phi) is 4.23. The van der Waals surface area contributed by atoms with Crippen molar-refractivity contribution in [1.82, 2.24) is 0 Å². The first-order valence-corrected chi connectivity index (χ1v) is 8.55. The molecule has 0 aromatic heterocycles. The molecule has 0 spiro atoms. The van der Waals surface area contributed by atoms with Crippen molar-refractivity contribution < 1.29 is 13.2 Å². The second kappa shape index (κ2) is 5.51. The first-order valence-electron chi connectivity index (χ1n) is 6.84. The van der Waals surface area contributed by atoms with Gasteiger partial charge in [-0.25, -0.2) is 8.42 Å². The normalized spacial score (nSPS) is 24.0. The van der Waals surface area contributed by atoms with Crippen LogP contribution in [0.15, 0.2) is 0 Å².